The van der Waals surface area contributed by atoms with E-state index < -0.39 is 17.9 Å². The number of cyclic esters (lactones) is 1. The van der Waals surface area contributed by atoms with E-state index >= 15 is 0 Å². The molecule has 0 radical (unpaired) electrons. The van der Waals surface area contributed by atoms with Gasteiger partial charge in [-0.2, -0.15) is 0 Å². The molecule has 13 heavy (non-hydrogen) atoms. The van der Waals surface area contributed by atoms with Crippen LogP contribution in [0.4, 0.5) is 0 Å². The minimum absolute atomic E-state index is 0.0711. The zero-order chi connectivity index (χ0) is 9.84. The quantitative estimate of drug-likeness (QED) is 0.474. The van der Waals surface area contributed by atoms with Crippen LogP contribution in [0.5, 0.6) is 0 Å². The van der Waals surface area contributed by atoms with Gasteiger partial charge in [-0.15, -0.1) is 0 Å². The Bertz CT molecular complexity index is 204. The molecule has 0 spiro atoms. The van der Waals surface area contributed by atoms with Gasteiger partial charge < -0.3 is 9.47 Å². The summed E-state index contributed by atoms with van der Waals surface area (Å²) in [5, 5.41) is 0. The molecule has 2 unspecified atom stereocenters. The maximum Gasteiger partial charge on any atom is 0.320 e. The number of rotatable bonds is 2. The number of carbonyl (C=O) groups is 2. The monoisotopic (exact) mass is 186 g/mol. The fraction of sp³-hybridized carbons (Fsp3) is 0.778. The van der Waals surface area contributed by atoms with Crippen LogP contribution in [-0.2, 0) is 19.1 Å². The van der Waals surface area contributed by atoms with Gasteiger partial charge in [0.1, 0.15) is 0 Å². The van der Waals surface area contributed by atoms with Gasteiger partial charge in [-0.25, -0.2) is 0 Å². The van der Waals surface area contributed by atoms with Crippen LogP contribution >= 0.6 is 0 Å². The van der Waals surface area contributed by atoms with E-state index in [4.69, 9.17) is 9.47 Å². The average Bonchev–Trinajstić information content (AvgIpc) is 2.04. The van der Waals surface area contributed by atoms with Gasteiger partial charge in [0.25, 0.3) is 0 Å². The van der Waals surface area contributed by atoms with Gasteiger partial charge >= 0.3 is 11.9 Å². The molecule has 2 atom stereocenters. The van der Waals surface area contributed by atoms with Gasteiger partial charge in [0, 0.05) is 0 Å². The topological polar surface area (TPSA) is 52.6 Å². The summed E-state index contributed by atoms with van der Waals surface area (Å²) in [5.74, 6) is -1.60. The van der Waals surface area contributed by atoms with Crippen LogP contribution in [0.3, 0.4) is 0 Å². The largest absolute Gasteiger partial charge is 0.465 e. The lowest BCUT2D eigenvalue weighted by Gasteiger charge is -2.24. The summed E-state index contributed by atoms with van der Waals surface area (Å²) in [7, 11) is 0. The van der Waals surface area contributed by atoms with Crippen molar-refractivity contribution in [1.82, 2.24) is 0 Å². The van der Waals surface area contributed by atoms with Crippen molar-refractivity contribution in [2.24, 2.45) is 5.92 Å². The van der Waals surface area contributed by atoms with E-state index in [1.165, 1.54) is 0 Å². The van der Waals surface area contributed by atoms with Crippen LogP contribution in [0.15, 0.2) is 0 Å². The molecule has 0 aromatic rings. The zero-order valence-electron chi connectivity index (χ0n) is 7.91. The molecule has 0 bridgehead atoms. The van der Waals surface area contributed by atoms with Crippen molar-refractivity contribution < 1.29 is 19.1 Å². The van der Waals surface area contributed by atoms with Crippen molar-refractivity contribution in [3.05, 3.63) is 0 Å². The number of carbonyl (C=O) groups excluding carboxylic acids is 2. The first-order valence-corrected chi connectivity index (χ1v) is 4.52. The predicted molar refractivity (Wildman–Crippen MR) is 44.9 cm³/mol. The van der Waals surface area contributed by atoms with Gasteiger partial charge in [0.05, 0.1) is 12.7 Å². The summed E-state index contributed by atoms with van der Waals surface area (Å²) < 4.78 is 9.67. The van der Waals surface area contributed by atoms with Gasteiger partial charge in [0.2, 0.25) is 0 Å². The Morgan fingerprint density at radius 3 is 2.85 bits per heavy atom. The van der Waals surface area contributed by atoms with Gasteiger partial charge in [0.15, 0.2) is 5.92 Å². The fourth-order valence-electron chi connectivity index (χ4n) is 1.32. The maximum absolute atomic E-state index is 11.2. The second-order valence-electron chi connectivity index (χ2n) is 3.13. The molecule has 0 N–H and O–H groups in total. The molecule has 1 aliphatic heterocycles. The summed E-state index contributed by atoms with van der Waals surface area (Å²) in [6.45, 7) is 3.84. The molecule has 0 saturated carbocycles. The lowest BCUT2D eigenvalue weighted by atomic mass is 9.98. The van der Waals surface area contributed by atoms with Gasteiger partial charge in [-0.3, -0.25) is 9.59 Å². The Balaban J connectivity index is 2.51. The molecular weight excluding hydrogens is 172 g/mol. The Hall–Kier alpha value is -1.06. The summed E-state index contributed by atoms with van der Waals surface area (Å²) in [4.78, 5) is 22.4. The maximum atomic E-state index is 11.2. The van der Waals surface area contributed by atoms with Gasteiger partial charge in [-0.1, -0.05) is 0 Å². The van der Waals surface area contributed by atoms with E-state index in [0.717, 1.165) is 6.42 Å². The Morgan fingerprint density at radius 2 is 2.31 bits per heavy atom. The second-order valence-corrected chi connectivity index (χ2v) is 3.13. The zero-order valence-corrected chi connectivity index (χ0v) is 7.91. The van der Waals surface area contributed by atoms with Crippen molar-refractivity contribution >= 4 is 11.9 Å². The summed E-state index contributed by atoms with van der Waals surface area (Å²) >= 11 is 0. The Labute approximate surface area is 77.2 Å². The molecule has 4 heteroatoms. The number of ether oxygens (including phenoxy) is 2. The standard InChI is InChI=1S/C9H14O4/c1-3-12-8(10)7-5-4-6(2)13-9(7)11/h6-7H,3-5H2,1-2H3. The van der Waals surface area contributed by atoms with Crippen LogP contribution in [0.1, 0.15) is 26.7 Å². The molecule has 1 rings (SSSR count). The minimum Gasteiger partial charge on any atom is -0.465 e. The van der Waals surface area contributed by atoms with E-state index in [2.05, 4.69) is 0 Å². The highest BCUT2D eigenvalue weighted by Crippen LogP contribution is 2.20. The summed E-state index contributed by atoms with van der Waals surface area (Å²) in [6, 6.07) is 0. The molecule has 1 heterocycles. The Morgan fingerprint density at radius 1 is 1.62 bits per heavy atom. The molecule has 74 valence electrons. The van der Waals surface area contributed by atoms with Crippen LogP contribution in [0, 0.1) is 5.92 Å². The third-order valence-corrected chi connectivity index (χ3v) is 2.03. The first-order chi connectivity index (χ1) is 6.15. The first kappa shape index (κ1) is 10.0. The summed E-state index contributed by atoms with van der Waals surface area (Å²) in [6.07, 6.45) is 1.20. The van der Waals surface area contributed by atoms with Crippen LogP contribution in [0.25, 0.3) is 0 Å². The molecule has 0 aliphatic carbocycles. The summed E-state index contributed by atoms with van der Waals surface area (Å²) in [5.41, 5.74) is 0. The number of hydrogen-bond acceptors (Lipinski definition) is 4. The molecule has 1 fully saturated rings. The van der Waals surface area contributed by atoms with Crippen molar-refractivity contribution in [1.29, 1.82) is 0 Å². The first-order valence-electron chi connectivity index (χ1n) is 4.52. The van der Waals surface area contributed by atoms with E-state index in [9.17, 15) is 9.59 Å². The highest BCUT2D eigenvalue weighted by molar-refractivity contribution is 5.95. The average molecular weight is 186 g/mol. The fourth-order valence-corrected chi connectivity index (χ4v) is 1.32. The van der Waals surface area contributed by atoms with Crippen molar-refractivity contribution in [3.8, 4) is 0 Å². The van der Waals surface area contributed by atoms with Crippen molar-refractivity contribution in [2.75, 3.05) is 6.61 Å². The van der Waals surface area contributed by atoms with E-state index in [1.807, 2.05) is 6.92 Å². The van der Waals surface area contributed by atoms with E-state index in [1.54, 1.807) is 6.92 Å². The number of esters is 2. The molecule has 0 amide bonds. The van der Waals surface area contributed by atoms with Crippen molar-refractivity contribution in [2.45, 2.75) is 32.8 Å². The molecule has 4 nitrogen and oxygen atoms in total. The highest BCUT2D eigenvalue weighted by Gasteiger charge is 2.34. The minimum atomic E-state index is -0.698. The molecule has 1 saturated heterocycles. The normalized spacial score (nSPS) is 28.0. The van der Waals surface area contributed by atoms with Crippen LogP contribution in [-0.4, -0.2) is 24.6 Å². The molecule has 1 aliphatic rings. The van der Waals surface area contributed by atoms with E-state index in [0.29, 0.717) is 13.0 Å². The number of hydrogen-bond donors (Lipinski definition) is 0. The van der Waals surface area contributed by atoms with Crippen LogP contribution in [0.2, 0.25) is 0 Å². The van der Waals surface area contributed by atoms with Crippen LogP contribution < -0.4 is 0 Å². The lowest BCUT2D eigenvalue weighted by molar-refractivity contribution is -0.170. The van der Waals surface area contributed by atoms with E-state index in [-0.39, 0.29) is 6.10 Å². The predicted octanol–water partition coefficient (Wildman–Crippen LogP) is 0.891. The highest BCUT2D eigenvalue weighted by atomic mass is 16.6. The third-order valence-electron chi connectivity index (χ3n) is 2.03. The molecular formula is C9H14O4. The molecule has 0 aromatic heterocycles. The smallest absolute Gasteiger partial charge is 0.320 e. The second kappa shape index (κ2) is 4.25. The lowest BCUT2D eigenvalue weighted by Crippen LogP contribution is -2.35. The third kappa shape index (κ3) is 2.44. The molecule has 0 aromatic carbocycles. The van der Waals surface area contributed by atoms with Gasteiger partial charge in [-0.05, 0) is 26.7 Å². The SMILES string of the molecule is CCOC(=O)C1CCC(C)OC1=O. The van der Waals surface area contributed by atoms with Crippen molar-refractivity contribution in [3.63, 3.8) is 0 Å². The Kier molecular flexibility index (Phi) is 3.28.